The second-order valence-electron chi connectivity index (χ2n) is 10.4. The first-order valence-electron chi connectivity index (χ1n) is 13.5. The van der Waals surface area contributed by atoms with Crippen molar-refractivity contribution in [3.8, 4) is 0 Å². The van der Waals surface area contributed by atoms with Crippen LogP contribution in [-0.4, -0.2) is 170 Å². The molecule has 0 aromatic heterocycles. The number of aliphatic hydroxyl groups excluding tert-OH is 8. The highest BCUT2D eigenvalue weighted by atomic mass is 16.8. The highest BCUT2D eigenvalue weighted by Crippen LogP contribution is 2.35. The van der Waals surface area contributed by atoms with Crippen LogP contribution in [0.25, 0.3) is 0 Å². The third-order valence-corrected chi connectivity index (χ3v) is 7.15. The molecular formula is C24H40N2O17. The number of hydrogen-bond acceptors (Lipinski definition) is 17. The number of rotatable bonds is 11. The Kier molecular flexibility index (Phi) is 12.5. The van der Waals surface area contributed by atoms with Gasteiger partial charge in [0.05, 0.1) is 19.8 Å². The molecule has 0 aromatic carbocycles. The molecule has 0 aromatic rings. The van der Waals surface area contributed by atoms with Gasteiger partial charge in [-0.15, -0.1) is 0 Å². The minimum Gasteiger partial charge on any atom is -0.454 e. The molecule has 2 amide bonds. The fourth-order valence-corrected chi connectivity index (χ4v) is 5.17. The predicted molar refractivity (Wildman–Crippen MR) is 134 cm³/mol. The SMILES string of the molecule is CC(=O)N[C@@H]1[C@@H](O[C@@H]2O[C@@H]([C@H](O)CO)[C@H](O[C@@H]3O[C@H](CO)[C@@H](O)[C@H](O)[C@H]3NC(C)=O)[C@H]2OC(C)=O)[C@H](O)[C@@H](CO)O[C@@H]1O. The van der Waals surface area contributed by atoms with Gasteiger partial charge in [-0.25, -0.2) is 0 Å². The van der Waals surface area contributed by atoms with Crippen molar-refractivity contribution in [2.24, 2.45) is 0 Å². The number of carbonyl (C=O) groups is 3. The van der Waals surface area contributed by atoms with E-state index in [-0.39, 0.29) is 0 Å². The summed E-state index contributed by atoms with van der Waals surface area (Å²) >= 11 is 0. The summed E-state index contributed by atoms with van der Waals surface area (Å²) in [5.74, 6) is -2.24. The molecule has 15 atom stereocenters. The lowest BCUT2D eigenvalue weighted by Crippen LogP contribution is -2.66. The van der Waals surface area contributed by atoms with E-state index in [0.717, 1.165) is 20.8 Å². The summed E-state index contributed by atoms with van der Waals surface area (Å²) < 4.78 is 33.7. The number of amides is 2. The van der Waals surface area contributed by atoms with Gasteiger partial charge in [-0.3, -0.25) is 14.4 Å². The highest BCUT2D eigenvalue weighted by Gasteiger charge is 2.57. The summed E-state index contributed by atoms with van der Waals surface area (Å²) in [4.78, 5) is 35.8. The zero-order valence-electron chi connectivity index (χ0n) is 23.5. The molecule has 3 fully saturated rings. The van der Waals surface area contributed by atoms with Crippen LogP contribution in [0.4, 0.5) is 0 Å². The zero-order valence-corrected chi connectivity index (χ0v) is 23.5. The van der Waals surface area contributed by atoms with E-state index in [9.17, 15) is 55.2 Å². The van der Waals surface area contributed by atoms with E-state index in [4.69, 9.17) is 28.4 Å². The number of hydrogen-bond donors (Lipinski definition) is 10. The molecule has 248 valence electrons. The fraction of sp³-hybridized carbons (Fsp3) is 0.875. The van der Waals surface area contributed by atoms with Crippen molar-refractivity contribution in [1.82, 2.24) is 10.6 Å². The van der Waals surface area contributed by atoms with Gasteiger partial charge in [0, 0.05) is 20.8 Å². The van der Waals surface area contributed by atoms with Crippen molar-refractivity contribution in [3.63, 3.8) is 0 Å². The average molecular weight is 629 g/mol. The molecule has 0 saturated carbocycles. The number of esters is 1. The van der Waals surface area contributed by atoms with Crippen LogP contribution in [0, 0.1) is 0 Å². The summed E-state index contributed by atoms with van der Waals surface area (Å²) in [6.07, 6.45) is -21.2. The molecule has 19 nitrogen and oxygen atoms in total. The van der Waals surface area contributed by atoms with Gasteiger partial charge in [0.2, 0.25) is 11.8 Å². The van der Waals surface area contributed by atoms with Gasteiger partial charge in [0.1, 0.15) is 67.0 Å². The lowest BCUT2D eigenvalue weighted by Gasteiger charge is -2.44. The largest absolute Gasteiger partial charge is 0.454 e. The van der Waals surface area contributed by atoms with Crippen molar-refractivity contribution < 1.29 is 83.7 Å². The van der Waals surface area contributed by atoms with E-state index < -0.39 is 130 Å². The van der Waals surface area contributed by atoms with Crippen LogP contribution in [-0.2, 0) is 42.8 Å². The first kappa shape index (κ1) is 35.4. The van der Waals surface area contributed by atoms with Crippen LogP contribution >= 0.6 is 0 Å². The molecule has 3 heterocycles. The minimum atomic E-state index is -1.79. The maximum absolute atomic E-state index is 12.2. The second-order valence-corrected chi connectivity index (χ2v) is 10.4. The van der Waals surface area contributed by atoms with Crippen LogP contribution in [0.2, 0.25) is 0 Å². The van der Waals surface area contributed by atoms with Crippen LogP contribution in [0.3, 0.4) is 0 Å². The number of nitrogens with one attached hydrogen (secondary N) is 2. The van der Waals surface area contributed by atoms with Crippen molar-refractivity contribution in [2.45, 2.75) is 113 Å². The highest BCUT2D eigenvalue weighted by molar-refractivity contribution is 5.73. The summed E-state index contributed by atoms with van der Waals surface area (Å²) in [6, 6.07) is -2.90. The molecule has 43 heavy (non-hydrogen) atoms. The second kappa shape index (κ2) is 15.3. The van der Waals surface area contributed by atoms with Gasteiger partial charge < -0.3 is 79.9 Å². The molecule has 0 unspecified atom stereocenters. The van der Waals surface area contributed by atoms with Crippen LogP contribution in [0.15, 0.2) is 0 Å². The Hall–Kier alpha value is -2.11. The number of carbonyl (C=O) groups excluding carboxylic acids is 3. The quantitative estimate of drug-likeness (QED) is 0.0951. The minimum absolute atomic E-state index is 0.660. The van der Waals surface area contributed by atoms with Crippen LogP contribution in [0.1, 0.15) is 20.8 Å². The number of ether oxygens (including phenoxy) is 6. The standard InChI is InChI=1S/C24H40N2O17/c1-7(30)25-13-17(36)15(34)11(5-28)40-23(13)43-20-18(10(33)4-27)41-24(21(20)38-9(3)32)42-19-14(26-8(2)31)22(37)39-12(6-29)16(19)35/h10-24,27-29,33-37H,4-6H2,1-3H3,(H,25,30)(H,26,31)/t10-,11-,12-,13-,14-,15-,16-,17-,18+,19-,20+,21-,22+,23+,24+/m1/s1. The Labute approximate surface area is 245 Å². The van der Waals surface area contributed by atoms with E-state index in [1.165, 1.54) is 0 Å². The number of aliphatic hydroxyl groups is 8. The van der Waals surface area contributed by atoms with Gasteiger partial charge in [0.15, 0.2) is 25.0 Å². The average Bonchev–Trinajstić information content (AvgIpc) is 3.26. The van der Waals surface area contributed by atoms with Crippen LogP contribution in [0.5, 0.6) is 0 Å². The third kappa shape index (κ3) is 8.14. The molecule has 3 aliphatic rings. The normalized spacial score (nSPS) is 42.2. The Morgan fingerprint density at radius 2 is 1.28 bits per heavy atom. The van der Waals surface area contributed by atoms with E-state index in [0.29, 0.717) is 0 Å². The Morgan fingerprint density at radius 3 is 1.81 bits per heavy atom. The topological polar surface area (TPSA) is 292 Å². The first-order chi connectivity index (χ1) is 20.2. The molecule has 0 radical (unpaired) electrons. The maximum Gasteiger partial charge on any atom is 0.303 e. The molecule has 19 heteroatoms. The van der Waals surface area contributed by atoms with Gasteiger partial charge in [-0.05, 0) is 0 Å². The van der Waals surface area contributed by atoms with Crippen molar-refractivity contribution in [1.29, 1.82) is 0 Å². The van der Waals surface area contributed by atoms with Crippen molar-refractivity contribution >= 4 is 17.8 Å². The van der Waals surface area contributed by atoms with Gasteiger partial charge in [0.25, 0.3) is 0 Å². The fourth-order valence-electron chi connectivity index (χ4n) is 5.17. The molecule has 10 N–H and O–H groups in total. The Balaban J connectivity index is 1.99. The zero-order chi connectivity index (χ0) is 32.2. The van der Waals surface area contributed by atoms with Crippen molar-refractivity contribution in [3.05, 3.63) is 0 Å². The van der Waals surface area contributed by atoms with E-state index in [2.05, 4.69) is 10.6 Å². The lowest BCUT2D eigenvalue weighted by atomic mass is 9.96. The summed E-state index contributed by atoms with van der Waals surface area (Å²) in [7, 11) is 0. The Bertz CT molecular complexity index is 959. The molecule has 0 aliphatic carbocycles. The van der Waals surface area contributed by atoms with Gasteiger partial charge >= 0.3 is 5.97 Å². The lowest BCUT2D eigenvalue weighted by molar-refractivity contribution is -0.298. The third-order valence-electron chi connectivity index (χ3n) is 7.15. The molecule has 0 bridgehead atoms. The molecular weight excluding hydrogens is 588 g/mol. The summed E-state index contributed by atoms with van der Waals surface area (Å²) in [6.45, 7) is 0.762. The van der Waals surface area contributed by atoms with Gasteiger partial charge in [-0.2, -0.15) is 0 Å². The van der Waals surface area contributed by atoms with Crippen molar-refractivity contribution in [2.75, 3.05) is 19.8 Å². The Morgan fingerprint density at radius 1 is 0.721 bits per heavy atom. The molecule has 0 spiro atoms. The molecule has 3 aliphatic heterocycles. The predicted octanol–water partition coefficient (Wildman–Crippen LogP) is -6.71. The summed E-state index contributed by atoms with van der Waals surface area (Å²) in [5.41, 5.74) is 0. The van der Waals surface area contributed by atoms with Crippen LogP contribution < -0.4 is 10.6 Å². The summed E-state index contributed by atoms with van der Waals surface area (Å²) in [5, 5.41) is 86.5. The molecule has 3 saturated heterocycles. The molecule has 3 rings (SSSR count). The van der Waals surface area contributed by atoms with E-state index in [1.807, 2.05) is 0 Å². The monoisotopic (exact) mass is 628 g/mol. The van der Waals surface area contributed by atoms with Gasteiger partial charge in [-0.1, -0.05) is 0 Å². The maximum atomic E-state index is 12.2. The first-order valence-corrected chi connectivity index (χ1v) is 13.5. The smallest absolute Gasteiger partial charge is 0.303 e. The van der Waals surface area contributed by atoms with E-state index in [1.54, 1.807) is 0 Å². The van der Waals surface area contributed by atoms with E-state index >= 15 is 0 Å².